The van der Waals surface area contributed by atoms with Gasteiger partial charge in [-0.3, -0.25) is 0 Å². The first-order valence-corrected chi connectivity index (χ1v) is 7.86. The maximum Gasteiger partial charge on any atom is 0.238 e. The van der Waals surface area contributed by atoms with Crippen molar-refractivity contribution in [1.29, 1.82) is 0 Å². The van der Waals surface area contributed by atoms with Crippen LogP contribution in [-0.2, 0) is 21.2 Å². The number of nitrogens with one attached hydrogen (secondary N) is 1. The Morgan fingerprint density at radius 1 is 1.37 bits per heavy atom. The average molecular weight is 286 g/mol. The molecule has 0 saturated carbocycles. The normalized spacial score (nSPS) is 13.4. The zero-order valence-corrected chi connectivity index (χ0v) is 12.2. The van der Waals surface area contributed by atoms with E-state index in [-0.39, 0.29) is 10.9 Å². The molecule has 0 bridgehead atoms. The molecule has 3 N–H and O–H groups in total. The van der Waals surface area contributed by atoms with Gasteiger partial charge in [0.2, 0.25) is 10.0 Å². The van der Waals surface area contributed by atoms with Crippen molar-refractivity contribution in [3.05, 3.63) is 29.8 Å². The molecule has 1 aromatic carbocycles. The van der Waals surface area contributed by atoms with Crippen molar-refractivity contribution < 1.29 is 13.2 Å². The highest BCUT2D eigenvalue weighted by molar-refractivity contribution is 7.89. The molecule has 5 nitrogen and oxygen atoms in total. The van der Waals surface area contributed by atoms with Crippen molar-refractivity contribution in [2.75, 3.05) is 20.3 Å². The Hall–Kier alpha value is -0.950. The van der Waals surface area contributed by atoms with Gasteiger partial charge in [-0.15, -0.1) is 0 Å². The van der Waals surface area contributed by atoms with Gasteiger partial charge in [0.25, 0.3) is 0 Å². The number of primary sulfonamides is 1. The number of hydrogen-bond acceptors (Lipinski definition) is 4. The van der Waals surface area contributed by atoms with Crippen LogP contribution in [0, 0.1) is 0 Å². The van der Waals surface area contributed by atoms with Gasteiger partial charge in [0, 0.05) is 13.2 Å². The molecule has 0 spiro atoms. The lowest BCUT2D eigenvalue weighted by Crippen LogP contribution is -2.36. The lowest BCUT2D eigenvalue weighted by atomic mass is 10.1. The van der Waals surface area contributed by atoms with Crippen LogP contribution in [0.15, 0.2) is 29.2 Å². The van der Waals surface area contributed by atoms with E-state index in [9.17, 15) is 8.42 Å². The van der Waals surface area contributed by atoms with Gasteiger partial charge in [0.1, 0.15) is 0 Å². The third kappa shape index (κ3) is 5.28. The highest BCUT2D eigenvalue weighted by Crippen LogP contribution is 2.15. The number of hydrogen-bond donors (Lipinski definition) is 2. The summed E-state index contributed by atoms with van der Waals surface area (Å²) in [5, 5.41) is 8.56. The van der Waals surface area contributed by atoms with Crippen LogP contribution in [0.3, 0.4) is 0 Å². The number of rotatable bonds is 8. The van der Waals surface area contributed by atoms with Gasteiger partial charge in [-0.1, -0.05) is 25.1 Å². The molecule has 1 atom stereocenters. The van der Waals surface area contributed by atoms with Crippen molar-refractivity contribution in [3.8, 4) is 0 Å². The minimum Gasteiger partial charge on any atom is -0.383 e. The smallest absolute Gasteiger partial charge is 0.238 e. The summed E-state index contributed by atoms with van der Waals surface area (Å²) < 4.78 is 28.2. The number of sulfonamides is 1. The maximum absolute atomic E-state index is 11.5. The number of benzene rings is 1. The predicted octanol–water partition coefficient (Wildman–Crippen LogP) is 0.891. The summed E-state index contributed by atoms with van der Waals surface area (Å²) in [5.74, 6) is 0. The number of methoxy groups -OCH3 is 1. The lowest BCUT2D eigenvalue weighted by Gasteiger charge is -2.19. The van der Waals surface area contributed by atoms with E-state index < -0.39 is 10.0 Å². The minimum absolute atomic E-state index is 0.0767. The molecule has 1 rings (SSSR count). The van der Waals surface area contributed by atoms with E-state index in [1.807, 2.05) is 6.07 Å². The van der Waals surface area contributed by atoms with Crippen LogP contribution in [0.5, 0.6) is 0 Å². The minimum atomic E-state index is -3.68. The molecule has 19 heavy (non-hydrogen) atoms. The second-order valence-corrected chi connectivity index (χ2v) is 5.99. The van der Waals surface area contributed by atoms with E-state index in [2.05, 4.69) is 12.2 Å². The maximum atomic E-state index is 11.5. The molecule has 0 aliphatic rings. The van der Waals surface area contributed by atoms with Crippen LogP contribution in [0.25, 0.3) is 0 Å². The van der Waals surface area contributed by atoms with Crippen molar-refractivity contribution >= 4 is 10.0 Å². The zero-order valence-electron chi connectivity index (χ0n) is 11.4. The molecule has 0 radical (unpaired) electrons. The third-order valence-corrected chi connectivity index (χ3v) is 3.81. The quantitative estimate of drug-likeness (QED) is 0.743. The molecular formula is C13H22N2O3S. The molecular weight excluding hydrogens is 264 g/mol. The Morgan fingerprint density at radius 3 is 2.63 bits per heavy atom. The van der Waals surface area contributed by atoms with E-state index in [1.165, 1.54) is 6.07 Å². The van der Waals surface area contributed by atoms with E-state index in [4.69, 9.17) is 9.88 Å². The van der Waals surface area contributed by atoms with Crippen LogP contribution in [0.1, 0.15) is 18.9 Å². The summed E-state index contributed by atoms with van der Waals surface area (Å²) in [7, 11) is -2.05. The van der Waals surface area contributed by atoms with Gasteiger partial charge in [-0.25, -0.2) is 13.6 Å². The number of nitrogens with two attached hydrogens (primary N) is 1. The van der Waals surface area contributed by atoms with Gasteiger partial charge in [0.05, 0.1) is 11.5 Å². The molecule has 0 heterocycles. The Kier molecular flexibility index (Phi) is 6.44. The summed E-state index contributed by atoms with van der Waals surface area (Å²) in [6.07, 6.45) is 1.58. The summed E-state index contributed by atoms with van der Waals surface area (Å²) in [6, 6.07) is 6.89. The van der Waals surface area contributed by atoms with Crippen LogP contribution in [-0.4, -0.2) is 34.7 Å². The summed E-state index contributed by atoms with van der Waals surface area (Å²) in [6.45, 7) is 3.47. The molecule has 0 fully saturated rings. The fourth-order valence-corrected chi connectivity index (χ4v) is 2.74. The fourth-order valence-electron chi connectivity index (χ4n) is 1.96. The molecule has 108 valence electrons. The summed E-state index contributed by atoms with van der Waals surface area (Å²) in [4.78, 5) is 0.189. The Balaban J connectivity index is 2.90. The Bertz CT molecular complexity index is 488. The van der Waals surface area contributed by atoms with Crippen LogP contribution >= 0.6 is 0 Å². The van der Waals surface area contributed by atoms with E-state index in [0.29, 0.717) is 13.0 Å². The molecule has 1 aromatic rings. The SMILES string of the molecule is CCCNC(COC)Cc1ccccc1S(N)(=O)=O. The molecule has 0 amide bonds. The Morgan fingerprint density at radius 2 is 2.05 bits per heavy atom. The van der Waals surface area contributed by atoms with Crippen LogP contribution in [0.4, 0.5) is 0 Å². The fraction of sp³-hybridized carbons (Fsp3) is 0.538. The van der Waals surface area contributed by atoms with E-state index in [0.717, 1.165) is 18.5 Å². The highest BCUT2D eigenvalue weighted by atomic mass is 32.2. The number of ether oxygens (including phenoxy) is 1. The van der Waals surface area contributed by atoms with Crippen LogP contribution < -0.4 is 10.5 Å². The van der Waals surface area contributed by atoms with Gasteiger partial charge in [0.15, 0.2) is 0 Å². The largest absolute Gasteiger partial charge is 0.383 e. The molecule has 0 saturated heterocycles. The van der Waals surface area contributed by atoms with Gasteiger partial charge in [-0.05, 0) is 31.0 Å². The van der Waals surface area contributed by atoms with Gasteiger partial charge in [-0.2, -0.15) is 0 Å². The standard InChI is InChI=1S/C13H22N2O3S/c1-3-8-15-12(10-18-2)9-11-6-4-5-7-13(11)19(14,16)17/h4-7,12,15H,3,8-10H2,1-2H3,(H2,14,16,17). The van der Waals surface area contributed by atoms with Gasteiger partial charge < -0.3 is 10.1 Å². The predicted molar refractivity (Wildman–Crippen MR) is 75.5 cm³/mol. The molecule has 0 aromatic heterocycles. The molecule has 6 heteroatoms. The molecule has 0 aliphatic heterocycles. The zero-order chi connectivity index (χ0) is 14.3. The monoisotopic (exact) mass is 286 g/mol. The van der Waals surface area contributed by atoms with E-state index >= 15 is 0 Å². The summed E-state index contributed by atoms with van der Waals surface area (Å²) >= 11 is 0. The van der Waals surface area contributed by atoms with Crippen molar-refractivity contribution in [2.45, 2.75) is 30.7 Å². The molecule has 1 unspecified atom stereocenters. The Labute approximate surface area is 115 Å². The van der Waals surface area contributed by atoms with E-state index in [1.54, 1.807) is 19.2 Å². The first-order chi connectivity index (χ1) is 8.99. The van der Waals surface area contributed by atoms with Crippen LogP contribution in [0.2, 0.25) is 0 Å². The van der Waals surface area contributed by atoms with Crippen molar-refractivity contribution in [2.24, 2.45) is 5.14 Å². The van der Waals surface area contributed by atoms with Gasteiger partial charge >= 0.3 is 0 Å². The average Bonchev–Trinajstić information content (AvgIpc) is 2.35. The van der Waals surface area contributed by atoms with Crippen molar-refractivity contribution in [1.82, 2.24) is 5.32 Å². The first-order valence-electron chi connectivity index (χ1n) is 6.32. The topological polar surface area (TPSA) is 81.4 Å². The highest BCUT2D eigenvalue weighted by Gasteiger charge is 2.16. The second kappa shape index (κ2) is 7.59. The first kappa shape index (κ1) is 16.1. The van der Waals surface area contributed by atoms with Crippen molar-refractivity contribution in [3.63, 3.8) is 0 Å². The summed E-state index contributed by atoms with van der Waals surface area (Å²) in [5.41, 5.74) is 0.718. The second-order valence-electron chi connectivity index (χ2n) is 4.46. The third-order valence-electron chi connectivity index (χ3n) is 2.80. The molecule has 0 aliphatic carbocycles. The lowest BCUT2D eigenvalue weighted by molar-refractivity contribution is 0.166.